The molecule has 0 spiro atoms. The van der Waals surface area contributed by atoms with Crippen LogP contribution in [0.5, 0.6) is 0 Å². The summed E-state index contributed by atoms with van der Waals surface area (Å²) in [4.78, 5) is 0. The first-order chi connectivity index (χ1) is 7.15. The van der Waals surface area contributed by atoms with Gasteiger partial charge in [-0.3, -0.25) is 0 Å². The Bertz CT molecular complexity index is 217. The standard InChI is InChI=1S/C13H24O2/c1-4-7-14-9-10(2)11-5-6-13(3)12(8-11)15-13/h10-12H,4-9H2,1-3H3. The van der Waals surface area contributed by atoms with Crippen LogP contribution in [0.15, 0.2) is 0 Å². The number of ether oxygens (including phenoxy) is 2. The number of hydrogen-bond donors (Lipinski definition) is 0. The topological polar surface area (TPSA) is 21.8 Å². The minimum atomic E-state index is 0.264. The van der Waals surface area contributed by atoms with Crippen molar-refractivity contribution in [2.75, 3.05) is 13.2 Å². The van der Waals surface area contributed by atoms with E-state index in [0.29, 0.717) is 12.0 Å². The van der Waals surface area contributed by atoms with Gasteiger partial charge in [0.1, 0.15) is 0 Å². The lowest BCUT2D eigenvalue weighted by Gasteiger charge is -2.27. The molecule has 4 unspecified atom stereocenters. The minimum Gasteiger partial charge on any atom is -0.381 e. The van der Waals surface area contributed by atoms with Gasteiger partial charge in [-0.15, -0.1) is 0 Å². The second-order valence-corrected chi connectivity index (χ2v) is 5.51. The van der Waals surface area contributed by atoms with Gasteiger partial charge in [0, 0.05) is 13.2 Å². The van der Waals surface area contributed by atoms with Gasteiger partial charge in [0.15, 0.2) is 0 Å². The summed E-state index contributed by atoms with van der Waals surface area (Å²) in [5, 5.41) is 0. The summed E-state index contributed by atoms with van der Waals surface area (Å²) in [6.07, 6.45) is 5.52. The lowest BCUT2D eigenvalue weighted by atomic mass is 9.77. The van der Waals surface area contributed by atoms with E-state index in [0.717, 1.165) is 25.6 Å². The Hall–Kier alpha value is -0.0800. The fourth-order valence-electron chi connectivity index (χ4n) is 2.74. The molecule has 1 saturated carbocycles. The van der Waals surface area contributed by atoms with Gasteiger partial charge in [-0.25, -0.2) is 0 Å². The second kappa shape index (κ2) is 4.42. The molecule has 0 bridgehead atoms. The summed E-state index contributed by atoms with van der Waals surface area (Å²) in [5.41, 5.74) is 0.264. The Morgan fingerprint density at radius 1 is 1.53 bits per heavy atom. The Morgan fingerprint density at radius 2 is 2.33 bits per heavy atom. The number of fused-ring (bicyclic) bond motifs is 1. The zero-order valence-corrected chi connectivity index (χ0v) is 10.3. The van der Waals surface area contributed by atoms with Crippen LogP contribution in [0.25, 0.3) is 0 Å². The van der Waals surface area contributed by atoms with Crippen LogP contribution >= 0.6 is 0 Å². The first-order valence-corrected chi connectivity index (χ1v) is 6.41. The van der Waals surface area contributed by atoms with Crippen LogP contribution in [0.1, 0.15) is 46.5 Å². The highest BCUT2D eigenvalue weighted by atomic mass is 16.6. The van der Waals surface area contributed by atoms with Gasteiger partial charge in [0.05, 0.1) is 11.7 Å². The molecule has 1 aliphatic heterocycles. The largest absolute Gasteiger partial charge is 0.381 e. The molecule has 0 N–H and O–H groups in total. The van der Waals surface area contributed by atoms with E-state index in [-0.39, 0.29) is 5.60 Å². The number of epoxide rings is 1. The zero-order chi connectivity index (χ0) is 10.9. The highest BCUT2D eigenvalue weighted by Crippen LogP contribution is 2.50. The molecule has 2 fully saturated rings. The summed E-state index contributed by atoms with van der Waals surface area (Å²) in [7, 11) is 0. The fourth-order valence-corrected chi connectivity index (χ4v) is 2.74. The van der Waals surface area contributed by atoms with Gasteiger partial charge >= 0.3 is 0 Å². The van der Waals surface area contributed by atoms with Crippen molar-refractivity contribution in [3.63, 3.8) is 0 Å². The van der Waals surface area contributed by atoms with Crippen molar-refractivity contribution in [3.05, 3.63) is 0 Å². The average Bonchev–Trinajstić information content (AvgIpc) is 2.88. The van der Waals surface area contributed by atoms with Gasteiger partial charge in [-0.05, 0) is 44.4 Å². The quantitative estimate of drug-likeness (QED) is 0.516. The van der Waals surface area contributed by atoms with Crippen molar-refractivity contribution >= 4 is 0 Å². The predicted molar refractivity (Wildman–Crippen MR) is 60.9 cm³/mol. The smallest absolute Gasteiger partial charge is 0.0920 e. The van der Waals surface area contributed by atoms with Crippen molar-refractivity contribution in [1.82, 2.24) is 0 Å². The van der Waals surface area contributed by atoms with Crippen LogP contribution in [0.2, 0.25) is 0 Å². The molecule has 0 aromatic carbocycles. The van der Waals surface area contributed by atoms with Crippen LogP contribution in [0.4, 0.5) is 0 Å². The molecule has 2 heteroatoms. The van der Waals surface area contributed by atoms with Crippen molar-refractivity contribution in [1.29, 1.82) is 0 Å². The molecular weight excluding hydrogens is 188 g/mol. The number of rotatable bonds is 5. The normalized spacial score (nSPS) is 41.0. The molecular formula is C13H24O2. The monoisotopic (exact) mass is 212 g/mol. The van der Waals surface area contributed by atoms with E-state index in [2.05, 4.69) is 20.8 Å². The highest BCUT2D eigenvalue weighted by Gasteiger charge is 2.55. The Kier molecular flexibility index (Phi) is 3.36. The van der Waals surface area contributed by atoms with E-state index in [1.165, 1.54) is 19.3 Å². The fraction of sp³-hybridized carbons (Fsp3) is 1.00. The molecule has 1 saturated heterocycles. The summed E-state index contributed by atoms with van der Waals surface area (Å²) >= 11 is 0. The van der Waals surface area contributed by atoms with Crippen molar-refractivity contribution in [2.24, 2.45) is 11.8 Å². The maximum Gasteiger partial charge on any atom is 0.0920 e. The van der Waals surface area contributed by atoms with Crippen LogP contribution in [0.3, 0.4) is 0 Å². The molecule has 0 amide bonds. The van der Waals surface area contributed by atoms with Crippen molar-refractivity contribution in [2.45, 2.75) is 58.2 Å². The molecule has 1 heterocycles. The Balaban J connectivity index is 1.70. The molecule has 0 aromatic rings. The maximum absolute atomic E-state index is 5.73. The Morgan fingerprint density at radius 3 is 3.00 bits per heavy atom. The molecule has 4 atom stereocenters. The van der Waals surface area contributed by atoms with Crippen LogP contribution in [-0.4, -0.2) is 24.9 Å². The van der Waals surface area contributed by atoms with Gasteiger partial charge in [-0.1, -0.05) is 13.8 Å². The summed E-state index contributed by atoms with van der Waals surface area (Å²) < 4.78 is 11.4. The second-order valence-electron chi connectivity index (χ2n) is 5.51. The predicted octanol–water partition coefficient (Wildman–Crippen LogP) is 3.01. The van der Waals surface area contributed by atoms with Gasteiger partial charge in [0.2, 0.25) is 0 Å². The van der Waals surface area contributed by atoms with Gasteiger partial charge in [-0.2, -0.15) is 0 Å². The molecule has 1 aliphatic carbocycles. The van der Waals surface area contributed by atoms with E-state index in [9.17, 15) is 0 Å². The van der Waals surface area contributed by atoms with E-state index in [4.69, 9.17) is 9.47 Å². The maximum atomic E-state index is 5.73. The summed E-state index contributed by atoms with van der Waals surface area (Å²) in [6, 6.07) is 0. The van der Waals surface area contributed by atoms with E-state index in [1.807, 2.05) is 0 Å². The summed E-state index contributed by atoms with van der Waals surface area (Å²) in [6.45, 7) is 8.59. The highest BCUT2D eigenvalue weighted by molar-refractivity contribution is 5.03. The van der Waals surface area contributed by atoms with E-state index >= 15 is 0 Å². The molecule has 2 nitrogen and oxygen atoms in total. The van der Waals surface area contributed by atoms with Crippen molar-refractivity contribution in [3.8, 4) is 0 Å². The molecule has 2 aliphatic rings. The third-order valence-electron chi connectivity index (χ3n) is 4.10. The minimum absolute atomic E-state index is 0.264. The van der Waals surface area contributed by atoms with Crippen LogP contribution in [0, 0.1) is 11.8 Å². The summed E-state index contributed by atoms with van der Waals surface area (Å²) in [5.74, 6) is 1.52. The lowest BCUT2D eigenvalue weighted by Crippen LogP contribution is -2.27. The van der Waals surface area contributed by atoms with Crippen molar-refractivity contribution < 1.29 is 9.47 Å². The van der Waals surface area contributed by atoms with E-state index in [1.54, 1.807) is 0 Å². The Labute approximate surface area is 93.3 Å². The average molecular weight is 212 g/mol. The SMILES string of the molecule is CCCOCC(C)C1CCC2(C)OC2C1. The van der Waals surface area contributed by atoms with Gasteiger partial charge in [0.25, 0.3) is 0 Å². The lowest BCUT2D eigenvalue weighted by molar-refractivity contribution is 0.0754. The first kappa shape index (κ1) is 11.4. The van der Waals surface area contributed by atoms with Crippen LogP contribution in [-0.2, 0) is 9.47 Å². The molecule has 0 aromatic heterocycles. The third kappa shape index (κ3) is 2.54. The first-order valence-electron chi connectivity index (χ1n) is 6.41. The third-order valence-corrected chi connectivity index (χ3v) is 4.10. The van der Waals surface area contributed by atoms with Gasteiger partial charge < -0.3 is 9.47 Å². The molecule has 88 valence electrons. The molecule has 2 rings (SSSR count). The zero-order valence-electron chi connectivity index (χ0n) is 10.3. The molecule has 0 radical (unpaired) electrons. The molecule has 15 heavy (non-hydrogen) atoms. The van der Waals surface area contributed by atoms with Crippen LogP contribution < -0.4 is 0 Å². The number of hydrogen-bond acceptors (Lipinski definition) is 2. The van der Waals surface area contributed by atoms with E-state index < -0.39 is 0 Å².